The highest BCUT2D eigenvalue weighted by Gasteiger charge is 2.16. The summed E-state index contributed by atoms with van der Waals surface area (Å²) in [5.74, 6) is 0. The van der Waals surface area contributed by atoms with Crippen molar-refractivity contribution < 1.29 is 0 Å². The van der Waals surface area contributed by atoms with Gasteiger partial charge in [0.1, 0.15) is 0 Å². The van der Waals surface area contributed by atoms with Crippen molar-refractivity contribution in [2.24, 2.45) is 5.73 Å². The number of hydrogen-bond donors (Lipinski definition) is 1. The third-order valence-corrected chi connectivity index (χ3v) is 4.02. The van der Waals surface area contributed by atoms with Crippen LogP contribution < -0.4 is 5.73 Å². The molecule has 2 N–H and O–H groups in total. The van der Waals surface area contributed by atoms with Gasteiger partial charge < -0.3 is 5.73 Å². The number of nitrogens with two attached hydrogens (primary N) is 1. The predicted molar refractivity (Wildman–Crippen MR) is 68.4 cm³/mol. The lowest BCUT2D eigenvalue weighted by Gasteiger charge is -2.25. The van der Waals surface area contributed by atoms with Gasteiger partial charge in [-0.15, -0.1) is 11.3 Å². The first-order valence-electron chi connectivity index (χ1n) is 5.71. The summed E-state index contributed by atoms with van der Waals surface area (Å²) in [6, 6.07) is 4.85. The molecule has 1 rings (SSSR count). The molecule has 1 unspecified atom stereocenters. The first-order chi connectivity index (χ1) is 7.22. The summed E-state index contributed by atoms with van der Waals surface area (Å²) in [4.78, 5) is 5.21. The first-order valence-corrected chi connectivity index (χ1v) is 6.53. The van der Waals surface area contributed by atoms with Crippen LogP contribution in [0.5, 0.6) is 0 Å². The predicted octanol–water partition coefficient (Wildman–Crippen LogP) is 2.65. The van der Waals surface area contributed by atoms with Crippen LogP contribution in [-0.4, -0.2) is 25.0 Å². The van der Waals surface area contributed by atoms with Crippen molar-refractivity contribution in [3.63, 3.8) is 0 Å². The minimum atomic E-state index is 0.398. The molecule has 0 aliphatic carbocycles. The SMILES string of the molecule is CCCN(C)C(CN)c1ccc(CC)s1. The largest absolute Gasteiger partial charge is 0.329 e. The minimum Gasteiger partial charge on any atom is -0.329 e. The number of nitrogens with zero attached hydrogens (tertiary/aromatic N) is 1. The van der Waals surface area contributed by atoms with Crippen molar-refractivity contribution in [3.8, 4) is 0 Å². The van der Waals surface area contributed by atoms with E-state index in [0.29, 0.717) is 12.6 Å². The second-order valence-electron chi connectivity index (χ2n) is 3.89. The monoisotopic (exact) mass is 226 g/mol. The van der Waals surface area contributed by atoms with E-state index in [9.17, 15) is 0 Å². The fraction of sp³-hybridized carbons (Fsp3) is 0.667. The molecule has 0 saturated carbocycles. The molecule has 1 atom stereocenters. The normalized spacial score (nSPS) is 13.4. The molecule has 86 valence electrons. The molecule has 0 amide bonds. The second-order valence-corrected chi connectivity index (χ2v) is 5.09. The van der Waals surface area contributed by atoms with Crippen LogP contribution in [0.4, 0.5) is 0 Å². The molecular weight excluding hydrogens is 204 g/mol. The van der Waals surface area contributed by atoms with E-state index < -0.39 is 0 Å². The smallest absolute Gasteiger partial charge is 0.0561 e. The standard InChI is InChI=1S/C12H22N2S/c1-4-8-14(3)11(9-13)12-7-6-10(5-2)15-12/h6-7,11H,4-5,8-9,13H2,1-3H3. The highest BCUT2D eigenvalue weighted by atomic mass is 32.1. The summed E-state index contributed by atoms with van der Waals surface area (Å²) in [5.41, 5.74) is 5.85. The van der Waals surface area contributed by atoms with Crippen molar-refractivity contribution in [1.29, 1.82) is 0 Å². The van der Waals surface area contributed by atoms with Crippen LogP contribution in [-0.2, 0) is 6.42 Å². The van der Waals surface area contributed by atoms with Gasteiger partial charge in [0, 0.05) is 16.3 Å². The van der Waals surface area contributed by atoms with E-state index in [4.69, 9.17) is 5.73 Å². The zero-order valence-electron chi connectivity index (χ0n) is 9.99. The Bertz CT molecular complexity index is 283. The van der Waals surface area contributed by atoms with E-state index in [2.05, 4.69) is 37.9 Å². The third-order valence-electron chi connectivity index (χ3n) is 2.69. The zero-order chi connectivity index (χ0) is 11.3. The van der Waals surface area contributed by atoms with Crippen molar-refractivity contribution in [3.05, 3.63) is 21.9 Å². The van der Waals surface area contributed by atoms with Gasteiger partial charge in [-0.2, -0.15) is 0 Å². The summed E-state index contributed by atoms with van der Waals surface area (Å²) in [7, 11) is 2.16. The number of likely N-dealkylation sites (N-methyl/N-ethyl adjacent to an activating group) is 1. The molecule has 0 aliphatic heterocycles. The van der Waals surface area contributed by atoms with E-state index >= 15 is 0 Å². The molecule has 2 nitrogen and oxygen atoms in total. The second kappa shape index (κ2) is 6.26. The molecule has 1 aromatic heterocycles. The number of rotatable bonds is 6. The van der Waals surface area contributed by atoms with Crippen molar-refractivity contribution in [1.82, 2.24) is 4.90 Å². The van der Waals surface area contributed by atoms with E-state index in [-0.39, 0.29) is 0 Å². The van der Waals surface area contributed by atoms with Crippen LogP contribution in [0.1, 0.15) is 36.1 Å². The van der Waals surface area contributed by atoms with Crippen molar-refractivity contribution in [2.45, 2.75) is 32.7 Å². The Kier molecular flexibility index (Phi) is 5.29. The average molecular weight is 226 g/mol. The highest BCUT2D eigenvalue weighted by Crippen LogP contribution is 2.26. The van der Waals surface area contributed by atoms with Gasteiger partial charge in [-0.25, -0.2) is 0 Å². The molecule has 3 heteroatoms. The molecule has 0 radical (unpaired) electrons. The Labute approximate surface area is 97.1 Å². The van der Waals surface area contributed by atoms with Crippen LogP contribution in [0.15, 0.2) is 12.1 Å². The average Bonchev–Trinajstić information content (AvgIpc) is 2.68. The summed E-state index contributed by atoms with van der Waals surface area (Å²) in [6.07, 6.45) is 2.30. The molecule has 1 heterocycles. The lowest BCUT2D eigenvalue weighted by atomic mass is 10.2. The molecule has 0 spiro atoms. The lowest BCUT2D eigenvalue weighted by Crippen LogP contribution is -2.30. The Morgan fingerprint density at radius 1 is 1.40 bits per heavy atom. The van der Waals surface area contributed by atoms with Gasteiger partial charge in [-0.3, -0.25) is 4.90 Å². The molecule has 0 saturated heterocycles. The van der Waals surface area contributed by atoms with Crippen LogP contribution >= 0.6 is 11.3 Å². The van der Waals surface area contributed by atoms with Gasteiger partial charge in [0.25, 0.3) is 0 Å². The van der Waals surface area contributed by atoms with Gasteiger partial charge in [0.2, 0.25) is 0 Å². The molecule has 0 aromatic carbocycles. The van der Waals surface area contributed by atoms with Crippen molar-refractivity contribution >= 4 is 11.3 Å². The Morgan fingerprint density at radius 3 is 2.60 bits per heavy atom. The number of aryl methyl sites for hydroxylation is 1. The topological polar surface area (TPSA) is 29.3 Å². The van der Waals surface area contributed by atoms with E-state index in [1.54, 1.807) is 0 Å². The third kappa shape index (κ3) is 3.30. The van der Waals surface area contributed by atoms with E-state index in [1.807, 2.05) is 11.3 Å². The van der Waals surface area contributed by atoms with Crippen LogP contribution in [0, 0.1) is 0 Å². The minimum absolute atomic E-state index is 0.398. The lowest BCUT2D eigenvalue weighted by molar-refractivity contribution is 0.254. The summed E-state index contributed by atoms with van der Waals surface area (Å²) in [5, 5.41) is 0. The van der Waals surface area contributed by atoms with Crippen LogP contribution in [0.2, 0.25) is 0 Å². The van der Waals surface area contributed by atoms with Gasteiger partial charge in [-0.05, 0) is 38.6 Å². The molecule has 0 bridgehead atoms. The summed E-state index contributed by atoms with van der Waals surface area (Å²) < 4.78 is 0. The molecule has 0 fully saturated rings. The molecular formula is C12H22N2S. The van der Waals surface area contributed by atoms with Gasteiger partial charge in [0.15, 0.2) is 0 Å². The maximum absolute atomic E-state index is 5.85. The zero-order valence-corrected chi connectivity index (χ0v) is 10.8. The highest BCUT2D eigenvalue weighted by molar-refractivity contribution is 7.12. The molecule has 0 aliphatic rings. The summed E-state index contributed by atoms with van der Waals surface area (Å²) >= 11 is 1.90. The van der Waals surface area contributed by atoms with E-state index in [0.717, 1.165) is 13.0 Å². The number of hydrogen-bond acceptors (Lipinski definition) is 3. The fourth-order valence-electron chi connectivity index (χ4n) is 1.79. The fourth-order valence-corrected chi connectivity index (χ4v) is 2.92. The van der Waals surface area contributed by atoms with E-state index in [1.165, 1.54) is 16.2 Å². The van der Waals surface area contributed by atoms with Gasteiger partial charge in [0.05, 0.1) is 6.04 Å². The van der Waals surface area contributed by atoms with Crippen LogP contribution in [0.3, 0.4) is 0 Å². The van der Waals surface area contributed by atoms with Crippen molar-refractivity contribution in [2.75, 3.05) is 20.1 Å². The number of thiophene rings is 1. The molecule has 1 aromatic rings. The summed E-state index contributed by atoms with van der Waals surface area (Å²) in [6.45, 7) is 6.22. The molecule has 15 heavy (non-hydrogen) atoms. The van der Waals surface area contributed by atoms with Crippen LogP contribution in [0.25, 0.3) is 0 Å². The maximum atomic E-state index is 5.85. The quantitative estimate of drug-likeness (QED) is 0.808. The Morgan fingerprint density at radius 2 is 2.13 bits per heavy atom. The van der Waals surface area contributed by atoms with Gasteiger partial charge >= 0.3 is 0 Å². The Hall–Kier alpha value is -0.380. The van der Waals surface area contributed by atoms with Gasteiger partial charge in [-0.1, -0.05) is 13.8 Å². The maximum Gasteiger partial charge on any atom is 0.0561 e. The first kappa shape index (κ1) is 12.7. The Balaban J connectivity index is 2.72.